The highest BCUT2D eigenvalue weighted by atomic mass is 15.1. The van der Waals surface area contributed by atoms with Crippen LogP contribution in [-0.4, -0.2) is 4.98 Å². The van der Waals surface area contributed by atoms with Crippen molar-refractivity contribution >= 4 is 0 Å². The van der Waals surface area contributed by atoms with Crippen molar-refractivity contribution in [2.45, 2.75) is 219 Å². The fraction of sp³-hybridized carbons (Fsp3) is 0.919. The number of hydrogen-bond acceptors (Lipinski definition) is 0. The molecule has 0 aliphatic heterocycles. The molecule has 0 spiro atoms. The minimum atomic E-state index is 0.621. The fourth-order valence-electron chi connectivity index (χ4n) is 6.41. The van der Waals surface area contributed by atoms with Gasteiger partial charge in [0.1, 0.15) is 12.4 Å². The molecule has 230 valence electrons. The second-order valence-corrected chi connectivity index (χ2v) is 12.9. The zero-order valence-electron chi connectivity index (χ0n) is 27.6. The molecule has 39 heavy (non-hydrogen) atoms. The van der Waals surface area contributed by atoms with Gasteiger partial charge in [0, 0.05) is 0 Å². The van der Waals surface area contributed by atoms with Gasteiger partial charge in [0.05, 0.1) is 12.0 Å². The van der Waals surface area contributed by atoms with Crippen molar-refractivity contribution in [1.29, 1.82) is 0 Å². The summed E-state index contributed by atoms with van der Waals surface area (Å²) in [6.07, 6.45) is 44.3. The maximum absolute atomic E-state index is 3.69. The van der Waals surface area contributed by atoms with Gasteiger partial charge in [0.2, 0.25) is 0 Å². The maximum Gasteiger partial charge on any atom is 0.257 e. The van der Waals surface area contributed by atoms with Crippen LogP contribution in [-0.2, 0) is 0 Å². The van der Waals surface area contributed by atoms with Crippen molar-refractivity contribution in [3.05, 3.63) is 18.2 Å². The third-order valence-electron chi connectivity index (χ3n) is 9.14. The number of hydrogen-bond donors (Lipinski definition) is 1. The van der Waals surface area contributed by atoms with Crippen LogP contribution >= 0.6 is 0 Å². The Morgan fingerprint density at radius 1 is 0.487 bits per heavy atom. The second kappa shape index (κ2) is 27.4. The van der Waals surface area contributed by atoms with Crippen LogP contribution in [0.2, 0.25) is 0 Å². The van der Waals surface area contributed by atoms with Crippen LogP contribution in [0.25, 0.3) is 0 Å². The van der Waals surface area contributed by atoms with Gasteiger partial charge in [0.25, 0.3) is 5.82 Å². The van der Waals surface area contributed by atoms with Gasteiger partial charge in [-0.1, -0.05) is 175 Å². The predicted molar refractivity (Wildman–Crippen MR) is 175 cm³/mol. The smallest absolute Gasteiger partial charge is 0.247 e. The van der Waals surface area contributed by atoms with E-state index in [1.165, 1.54) is 186 Å². The first-order valence-corrected chi connectivity index (χ1v) is 18.3. The van der Waals surface area contributed by atoms with E-state index in [4.69, 9.17) is 0 Å². The van der Waals surface area contributed by atoms with Crippen molar-refractivity contribution in [2.24, 2.45) is 0 Å². The Bertz CT molecular complexity index is 606. The molecule has 2 heteroatoms. The van der Waals surface area contributed by atoms with Crippen molar-refractivity contribution in [1.82, 2.24) is 4.98 Å². The normalized spacial score (nSPS) is 13.2. The highest BCUT2D eigenvalue weighted by Gasteiger charge is 2.25. The summed E-state index contributed by atoms with van der Waals surface area (Å²) < 4.78 is 2.61. The van der Waals surface area contributed by atoms with E-state index in [0.717, 1.165) is 0 Å². The SMILES string of the molecule is CCCCCCCCCCCCCCC(CCCC)c1[nH]cc[n+]1C(C)CCCCCCCCCCCCC. The lowest BCUT2D eigenvalue weighted by Gasteiger charge is -2.17. The summed E-state index contributed by atoms with van der Waals surface area (Å²) in [5, 5.41) is 0. The van der Waals surface area contributed by atoms with Gasteiger partial charge in [-0.25, -0.2) is 9.55 Å². The Morgan fingerprint density at radius 2 is 0.846 bits per heavy atom. The summed E-state index contributed by atoms with van der Waals surface area (Å²) in [5.74, 6) is 2.23. The van der Waals surface area contributed by atoms with E-state index >= 15 is 0 Å². The van der Waals surface area contributed by atoms with Crippen LogP contribution in [0.3, 0.4) is 0 Å². The lowest BCUT2D eigenvalue weighted by Crippen LogP contribution is -2.41. The fourth-order valence-corrected chi connectivity index (χ4v) is 6.41. The highest BCUT2D eigenvalue weighted by molar-refractivity contribution is 4.90. The van der Waals surface area contributed by atoms with Crippen LogP contribution < -0.4 is 4.57 Å². The van der Waals surface area contributed by atoms with E-state index in [0.29, 0.717) is 12.0 Å². The first-order chi connectivity index (χ1) is 19.2. The number of nitrogens with zero attached hydrogens (tertiary/aromatic N) is 1. The molecule has 0 bridgehead atoms. The molecule has 1 aromatic rings. The van der Waals surface area contributed by atoms with Crippen molar-refractivity contribution in [3.8, 4) is 0 Å². The van der Waals surface area contributed by atoms with Crippen LogP contribution in [0.1, 0.15) is 225 Å². The van der Waals surface area contributed by atoms with E-state index < -0.39 is 0 Å². The molecule has 1 rings (SSSR count). The lowest BCUT2D eigenvalue weighted by molar-refractivity contribution is -0.727. The van der Waals surface area contributed by atoms with Crippen LogP contribution in [0.4, 0.5) is 0 Å². The summed E-state index contributed by atoms with van der Waals surface area (Å²) in [7, 11) is 0. The topological polar surface area (TPSA) is 19.7 Å². The minimum absolute atomic E-state index is 0.621. The molecule has 2 unspecified atom stereocenters. The van der Waals surface area contributed by atoms with E-state index in [2.05, 4.69) is 49.6 Å². The molecule has 0 saturated heterocycles. The molecule has 0 aliphatic rings. The van der Waals surface area contributed by atoms with Gasteiger partial charge in [-0.05, 0) is 32.6 Å². The number of aromatic nitrogens is 2. The van der Waals surface area contributed by atoms with Gasteiger partial charge < -0.3 is 0 Å². The first-order valence-electron chi connectivity index (χ1n) is 18.3. The number of nitrogens with one attached hydrogen (secondary N) is 1. The summed E-state index contributed by atoms with van der Waals surface area (Å²) in [4.78, 5) is 3.69. The third-order valence-corrected chi connectivity index (χ3v) is 9.14. The maximum atomic E-state index is 3.69. The monoisotopic (exact) mass is 546 g/mol. The Hall–Kier alpha value is -0.790. The molecule has 0 aliphatic carbocycles. The van der Waals surface area contributed by atoms with Crippen LogP contribution in [0.5, 0.6) is 0 Å². The molecule has 2 nitrogen and oxygen atoms in total. The predicted octanol–water partition coefficient (Wildman–Crippen LogP) is 12.9. The van der Waals surface area contributed by atoms with Gasteiger partial charge >= 0.3 is 0 Å². The lowest BCUT2D eigenvalue weighted by atomic mass is 9.93. The molecular formula is C37H73N2+. The van der Waals surface area contributed by atoms with Crippen molar-refractivity contribution in [2.75, 3.05) is 0 Å². The van der Waals surface area contributed by atoms with Gasteiger partial charge in [-0.2, -0.15) is 0 Å². The molecule has 0 aromatic carbocycles. The molecule has 1 heterocycles. The molecule has 2 atom stereocenters. The Kier molecular flexibility index (Phi) is 25.4. The molecule has 0 saturated carbocycles. The summed E-state index contributed by atoms with van der Waals surface area (Å²) in [6, 6.07) is 0.621. The Morgan fingerprint density at radius 3 is 1.28 bits per heavy atom. The summed E-state index contributed by atoms with van der Waals surface area (Å²) in [6.45, 7) is 9.41. The molecule has 0 amide bonds. The quantitative estimate of drug-likeness (QED) is 0.0732. The number of rotatable bonds is 30. The first kappa shape index (κ1) is 36.2. The second-order valence-electron chi connectivity index (χ2n) is 12.9. The largest absolute Gasteiger partial charge is 0.257 e. The number of aromatic amines is 1. The zero-order chi connectivity index (χ0) is 28.2. The number of unbranched alkanes of at least 4 members (excludes halogenated alkanes) is 22. The average molecular weight is 546 g/mol. The van der Waals surface area contributed by atoms with Gasteiger partial charge in [-0.3, -0.25) is 0 Å². The van der Waals surface area contributed by atoms with E-state index in [9.17, 15) is 0 Å². The summed E-state index contributed by atoms with van der Waals surface area (Å²) in [5.41, 5.74) is 0. The average Bonchev–Trinajstić information content (AvgIpc) is 3.44. The molecule has 1 aromatic heterocycles. The number of imidazole rings is 1. The van der Waals surface area contributed by atoms with Crippen LogP contribution in [0.15, 0.2) is 12.4 Å². The van der Waals surface area contributed by atoms with Crippen molar-refractivity contribution < 1.29 is 4.57 Å². The third kappa shape index (κ3) is 19.8. The standard InChI is InChI=1S/C37H72N2/c1-5-8-11-13-15-17-19-21-23-25-27-29-32-36(31-10-7-3)37-38-33-34-39(37)35(4)30-28-26-24-22-20-18-16-14-12-9-6-2/h33-36H,5-32H2,1-4H3/p+1. The molecule has 1 N–H and O–H groups in total. The van der Waals surface area contributed by atoms with Crippen LogP contribution in [0, 0.1) is 0 Å². The highest BCUT2D eigenvalue weighted by Crippen LogP contribution is 2.27. The van der Waals surface area contributed by atoms with Crippen molar-refractivity contribution in [3.63, 3.8) is 0 Å². The summed E-state index contributed by atoms with van der Waals surface area (Å²) >= 11 is 0. The number of H-pyrrole nitrogens is 1. The molecule has 0 radical (unpaired) electrons. The van der Waals surface area contributed by atoms with Gasteiger partial charge in [-0.15, -0.1) is 0 Å². The molecule has 0 fully saturated rings. The Labute approximate surface area is 246 Å². The minimum Gasteiger partial charge on any atom is -0.247 e. The Balaban J connectivity index is 2.23. The van der Waals surface area contributed by atoms with E-state index in [1.54, 1.807) is 0 Å². The zero-order valence-corrected chi connectivity index (χ0v) is 27.6. The van der Waals surface area contributed by atoms with E-state index in [-0.39, 0.29) is 0 Å². The van der Waals surface area contributed by atoms with E-state index in [1.807, 2.05) is 0 Å². The molecular weight excluding hydrogens is 472 g/mol. The van der Waals surface area contributed by atoms with Gasteiger partial charge in [0.15, 0.2) is 0 Å².